The van der Waals surface area contributed by atoms with Gasteiger partial charge in [-0.2, -0.15) is 4.91 Å². The molecular formula is C12H16N8O4S2. The van der Waals surface area contributed by atoms with Crippen LogP contribution in [0.5, 0.6) is 0 Å². The van der Waals surface area contributed by atoms with Crippen LogP contribution in [-0.4, -0.2) is 39.0 Å². The Hall–Kier alpha value is -2.29. The number of nitrogens with two attached hydrogens (primary N) is 2. The Morgan fingerprint density at radius 2 is 2.19 bits per heavy atom. The van der Waals surface area contributed by atoms with E-state index < -0.39 is 28.7 Å². The van der Waals surface area contributed by atoms with E-state index in [1.165, 1.54) is 16.3 Å². The Kier molecular flexibility index (Phi) is 5.36. The van der Waals surface area contributed by atoms with Crippen molar-refractivity contribution in [2.75, 3.05) is 11.9 Å². The van der Waals surface area contributed by atoms with Crippen molar-refractivity contribution in [2.24, 2.45) is 27.2 Å². The zero-order chi connectivity index (χ0) is 18.8. The van der Waals surface area contributed by atoms with E-state index in [1.54, 1.807) is 6.08 Å². The largest absolute Gasteiger partial charge is 0.341 e. The molecule has 1 fully saturated rings. The summed E-state index contributed by atoms with van der Waals surface area (Å²) in [4.78, 5) is 35.3. The Balaban J connectivity index is 2.02. The topological polar surface area (TPSA) is 170 Å². The molecule has 2 aliphatic rings. The molecule has 2 aliphatic heterocycles. The van der Waals surface area contributed by atoms with E-state index in [-0.39, 0.29) is 22.5 Å². The van der Waals surface area contributed by atoms with Crippen LogP contribution in [0.3, 0.4) is 0 Å². The van der Waals surface area contributed by atoms with Gasteiger partial charge in [-0.25, -0.2) is 10.9 Å². The number of carbonyl (C=O) groups excluding carboxylic acids is 1. The van der Waals surface area contributed by atoms with E-state index in [0.29, 0.717) is 6.42 Å². The molecule has 0 aliphatic carbocycles. The number of fused-ring (bicyclic) bond motifs is 1. The fourth-order valence-corrected chi connectivity index (χ4v) is 4.91. The Labute approximate surface area is 155 Å². The monoisotopic (exact) mass is 400 g/mol. The van der Waals surface area contributed by atoms with Crippen LogP contribution in [0.1, 0.15) is 22.3 Å². The molecule has 0 aromatic carbocycles. The number of carbonyl (C=O) groups is 1. The maximum atomic E-state index is 12.6. The van der Waals surface area contributed by atoms with Crippen molar-refractivity contribution in [3.05, 3.63) is 32.1 Å². The lowest BCUT2D eigenvalue weighted by Crippen LogP contribution is -2.52. The number of thioether (sulfide) groups is 1. The second kappa shape index (κ2) is 7.53. The maximum Gasteiger partial charge on any atom is 0.311 e. The van der Waals surface area contributed by atoms with E-state index in [4.69, 9.17) is 16.4 Å². The molecule has 3 heterocycles. The number of allylic oxidation sites excluding steroid dienone is 1. The van der Waals surface area contributed by atoms with Gasteiger partial charge in [-0.15, -0.1) is 23.5 Å². The summed E-state index contributed by atoms with van der Waals surface area (Å²) >= 11 is 2.13. The molecule has 26 heavy (non-hydrogen) atoms. The number of anilines is 1. The van der Waals surface area contributed by atoms with Gasteiger partial charge in [0.1, 0.15) is 22.7 Å². The number of hydrogen-bond acceptors (Lipinski definition) is 11. The Morgan fingerprint density at radius 1 is 1.42 bits per heavy atom. The summed E-state index contributed by atoms with van der Waals surface area (Å²) < 4.78 is 7.16. The number of ether oxygens (including phenoxy) is 1. The van der Waals surface area contributed by atoms with Gasteiger partial charge in [-0.1, -0.05) is 27.8 Å². The third-order valence-corrected chi connectivity index (χ3v) is 6.07. The minimum Gasteiger partial charge on any atom is -0.341 e. The van der Waals surface area contributed by atoms with Crippen LogP contribution in [0, 0.1) is 4.91 Å². The highest BCUT2D eigenvalue weighted by Gasteiger charge is 2.42. The van der Waals surface area contributed by atoms with Gasteiger partial charge >= 0.3 is 4.87 Å². The molecule has 3 rings (SSSR count). The van der Waals surface area contributed by atoms with Crippen LogP contribution in [0.25, 0.3) is 0 Å². The van der Waals surface area contributed by atoms with Crippen LogP contribution in [-0.2, 0) is 4.74 Å². The number of rotatable bonds is 6. The van der Waals surface area contributed by atoms with Gasteiger partial charge in [0.2, 0.25) is 6.29 Å². The van der Waals surface area contributed by atoms with Crippen molar-refractivity contribution in [1.82, 2.24) is 9.58 Å². The summed E-state index contributed by atoms with van der Waals surface area (Å²) in [5.41, 5.74) is -0.491. The molecule has 4 atom stereocenters. The molecule has 0 bridgehead atoms. The molecule has 1 saturated heterocycles. The minimum absolute atomic E-state index is 0.0527. The summed E-state index contributed by atoms with van der Waals surface area (Å²) in [5, 5.41) is 13.1. The van der Waals surface area contributed by atoms with E-state index in [9.17, 15) is 14.5 Å². The van der Waals surface area contributed by atoms with Gasteiger partial charge in [0.25, 0.3) is 5.91 Å². The van der Waals surface area contributed by atoms with Crippen LogP contribution in [0.2, 0.25) is 0 Å². The zero-order valence-corrected chi connectivity index (χ0v) is 15.0. The van der Waals surface area contributed by atoms with Gasteiger partial charge in [0.15, 0.2) is 6.23 Å². The average molecular weight is 400 g/mol. The van der Waals surface area contributed by atoms with Crippen molar-refractivity contribution in [3.63, 3.8) is 0 Å². The van der Waals surface area contributed by atoms with Crippen LogP contribution in [0.15, 0.2) is 33.0 Å². The molecule has 0 radical (unpaired) electrons. The van der Waals surface area contributed by atoms with Crippen molar-refractivity contribution >= 4 is 34.8 Å². The molecule has 1 aromatic rings. The molecule has 5 N–H and O–H groups in total. The van der Waals surface area contributed by atoms with E-state index >= 15 is 0 Å². The molecular weight excluding hydrogens is 384 g/mol. The van der Waals surface area contributed by atoms with E-state index in [0.717, 1.165) is 16.3 Å². The first-order valence-corrected chi connectivity index (χ1v) is 9.18. The minimum atomic E-state index is -1.06. The van der Waals surface area contributed by atoms with Gasteiger partial charge in [0.05, 0.1) is 5.25 Å². The Bertz CT molecular complexity index is 808. The quantitative estimate of drug-likeness (QED) is 0.155. The molecule has 1 amide bonds. The lowest BCUT2D eigenvalue weighted by molar-refractivity contribution is 0.00782. The van der Waals surface area contributed by atoms with Crippen LogP contribution < -0.4 is 21.9 Å². The van der Waals surface area contributed by atoms with Gasteiger partial charge in [-0.05, 0) is 6.42 Å². The summed E-state index contributed by atoms with van der Waals surface area (Å²) in [7, 11) is 0. The molecule has 0 saturated carbocycles. The average Bonchev–Trinajstić information content (AvgIpc) is 3.13. The number of aromatic nitrogens is 1. The number of nitrogens with one attached hydrogen (secondary N) is 1. The molecule has 4 unspecified atom stereocenters. The van der Waals surface area contributed by atoms with E-state index in [1.807, 2.05) is 0 Å². The molecule has 14 heteroatoms. The predicted molar refractivity (Wildman–Crippen MR) is 96.2 cm³/mol. The molecule has 1 aromatic heterocycles. The number of thiazole rings is 1. The van der Waals surface area contributed by atoms with Crippen LogP contribution in [0.4, 0.5) is 5.82 Å². The second-order valence-electron chi connectivity index (χ2n) is 5.34. The van der Waals surface area contributed by atoms with Gasteiger partial charge in [-0.3, -0.25) is 14.2 Å². The number of nitroso groups, excluding NO2 is 1. The number of amides is 1. The fraction of sp³-hybridized carbons (Fsp3) is 0.500. The summed E-state index contributed by atoms with van der Waals surface area (Å²) in [6.07, 6.45) is 0.460. The maximum absolute atomic E-state index is 12.6. The second-order valence-corrected chi connectivity index (χ2v) is 7.71. The third kappa shape index (κ3) is 3.11. The summed E-state index contributed by atoms with van der Waals surface area (Å²) in [6.45, 7) is 3.65. The highest BCUT2D eigenvalue weighted by Crippen LogP contribution is 2.43. The first-order valence-electron chi connectivity index (χ1n) is 7.42. The van der Waals surface area contributed by atoms with E-state index in [2.05, 4.69) is 27.4 Å². The molecule has 12 nitrogen and oxygen atoms in total. The first kappa shape index (κ1) is 18.5. The predicted octanol–water partition coefficient (Wildman–Crippen LogP) is 0.560. The van der Waals surface area contributed by atoms with Crippen LogP contribution >= 0.6 is 23.1 Å². The SMILES string of the molecule is C=CCC1SC(CN=O)OC1n1c2c(sc1=O)C(=O)N(N)C(N=NN)N2. The van der Waals surface area contributed by atoms with Gasteiger partial charge < -0.3 is 15.9 Å². The van der Waals surface area contributed by atoms with Crippen molar-refractivity contribution in [3.8, 4) is 0 Å². The fourth-order valence-electron chi connectivity index (χ4n) is 2.71. The molecule has 0 spiro atoms. The standard InChI is InChI=1S/C12H16N8O4S2/c1-2-3-5-10(24-6(25-5)4-15-23)19-8-7(26-12(19)22)9(21)20(14)11(16-8)17-18-13/h2,5-6,10-11,16H,1,3-4,14H2,(H2,13,17). The smallest absolute Gasteiger partial charge is 0.311 e. The van der Waals surface area contributed by atoms with Crippen molar-refractivity contribution < 1.29 is 9.53 Å². The summed E-state index contributed by atoms with van der Waals surface area (Å²) in [6, 6.07) is 0. The van der Waals surface area contributed by atoms with Crippen molar-refractivity contribution in [1.29, 1.82) is 0 Å². The molecule has 140 valence electrons. The van der Waals surface area contributed by atoms with Gasteiger partial charge in [0, 0.05) is 0 Å². The lowest BCUT2D eigenvalue weighted by atomic mass is 10.2. The number of hydrazine groups is 1. The summed E-state index contributed by atoms with van der Waals surface area (Å²) in [5.74, 6) is 10.4. The zero-order valence-electron chi connectivity index (χ0n) is 13.3. The number of nitrogens with zero attached hydrogens (tertiary/aromatic N) is 5. The lowest BCUT2D eigenvalue weighted by Gasteiger charge is -2.30. The Morgan fingerprint density at radius 3 is 2.85 bits per heavy atom. The van der Waals surface area contributed by atoms with Crippen molar-refractivity contribution in [2.45, 2.75) is 29.6 Å². The normalized spacial score (nSPS) is 28.2. The highest BCUT2D eigenvalue weighted by atomic mass is 32.2. The highest BCUT2D eigenvalue weighted by molar-refractivity contribution is 8.00. The number of hydrogen-bond donors (Lipinski definition) is 3. The first-order chi connectivity index (χ1) is 12.5. The third-order valence-electron chi connectivity index (χ3n) is 3.79.